The third kappa shape index (κ3) is 4.13. The van der Waals surface area contributed by atoms with Gasteiger partial charge in [-0.25, -0.2) is 9.97 Å². The second-order valence-corrected chi connectivity index (χ2v) is 8.78. The van der Waals surface area contributed by atoms with Gasteiger partial charge in [0.2, 0.25) is 0 Å². The van der Waals surface area contributed by atoms with Crippen molar-refractivity contribution in [2.75, 3.05) is 26.2 Å². The lowest BCUT2D eigenvalue weighted by atomic mass is 10.2. The quantitative estimate of drug-likeness (QED) is 0.491. The number of rotatable bonds is 5. The van der Waals surface area contributed by atoms with Crippen molar-refractivity contribution in [3.8, 4) is 10.7 Å². The van der Waals surface area contributed by atoms with Crippen molar-refractivity contribution in [3.63, 3.8) is 0 Å². The van der Waals surface area contributed by atoms with Gasteiger partial charge in [0, 0.05) is 68.5 Å². The minimum atomic E-state index is -0.00266. The van der Waals surface area contributed by atoms with Crippen molar-refractivity contribution in [2.45, 2.75) is 13.1 Å². The number of hydrogen-bond acceptors (Lipinski definition) is 8. The molecule has 0 atom stereocenters. The summed E-state index contributed by atoms with van der Waals surface area (Å²) >= 11 is 3.14. The van der Waals surface area contributed by atoms with Crippen LogP contribution in [0.25, 0.3) is 15.7 Å². The molecule has 0 aromatic carbocycles. The molecule has 148 valence electrons. The number of piperazine rings is 1. The number of aromatic nitrogens is 4. The molecule has 0 unspecified atom stereocenters. The van der Waals surface area contributed by atoms with Gasteiger partial charge < -0.3 is 0 Å². The zero-order chi connectivity index (χ0) is 19.6. The van der Waals surface area contributed by atoms with Gasteiger partial charge in [-0.3, -0.25) is 24.0 Å². The number of fused-ring (bicyclic) bond motifs is 1. The van der Waals surface area contributed by atoms with Gasteiger partial charge in [-0.1, -0.05) is 6.07 Å². The first-order chi connectivity index (χ1) is 14.2. The summed E-state index contributed by atoms with van der Waals surface area (Å²) in [6.45, 7) is 5.47. The first-order valence-corrected chi connectivity index (χ1v) is 11.3. The van der Waals surface area contributed by atoms with E-state index in [4.69, 9.17) is 4.98 Å². The molecule has 0 radical (unpaired) electrons. The van der Waals surface area contributed by atoms with Gasteiger partial charge in [0.1, 0.15) is 5.01 Å². The highest BCUT2D eigenvalue weighted by atomic mass is 32.1. The van der Waals surface area contributed by atoms with E-state index in [1.165, 1.54) is 11.3 Å². The van der Waals surface area contributed by atoms with Crippen molar-refractivity contribution in [1.82, 2.24) is 29.2 Å². The normalized spacial score (nSPS) is 15.9. The Morgan fingerprint density at radius 1 is 0.966 bits per heavy atom. The Morgan fingerprint density at radius 2 is 1.76 bits per heavy atom. The fourth-order valence-corrected chi connectivity index (χ4v) is 5.04. The molecule has 1 aliphatic heterocycles. The van der Waals surface area contributed by atoms with Crippen LogP contribution in [-0.4, -0.2) is 55.3 Å². The molecule has 4 aromatic rings. The van der Waals surface area contributed by atoms with E-state index in [1.807, 2.05) is 23.6 Å². The summed E-state index contributed by atoms with van der Waals surface area (Å²) in [6.07, 6.45) is 3.57. The van der Waals surface area contributed by atoms with E-state index in [9.17, 15) is 4.79 Å². The first kappa shape index (κ1) is 18.6. The van der Waals surface area contributed by atoms with Gasteiger partial charge >= 0.3 is 0 Å². The second kappa shape index (κ2) is 8.11. The standard InChI is InChI=1S/C20H20N6OS2/c27-18-11-15(23-20-26(18)9-10-28-20)12-24-5-7-25(8-6-24)13-16-14-29-19(22-16)17-3-1-2-4-21-17/h1-4,9-11,14H,5-8,12-13H2. The summed E-state index contributed by atoms with van der Waals surface area (Å²) in [5.41, 5.74) is 2.88. The molecule has 5 rings (SSSR count). The van der Waals surface area contributed by atoms with Crippen molar-refractivity contribution in [2.24, 2.45) is 0 Å². The van der Waals surface area contributed by atoms with Crippen LogP contribution in [0.1, 0.15) is 11.4 Å². The van der Waals surface area contributed by atoms with E-state index in [2.05, 4.69) is 25.1 Å². The van der Waals surface area contributed by atoms with Crippen molar-refractivity contribution >= 4 is 27.6 Å². The molecular weight excluding hydrogens is 404 g/mol. The minimum Gasteiger partial charge on any atom is -0.295 e. The summed E-state index contributed by atoms with van der Waals surface area (Å²) in [5, 5.41) is 4.99. The lowest BCUT2D eigenvalue weighted by molar-refractivity contribution is 0.120. The van der Waals surface area contributed by atoms with Crippen LogP contribution >= 0.6 is 22.7 Å². The Kier molecular flexibility index (Phi) is 5.19. The van der Waals surface area contributed by atoms with E-state index in [1.54, 1.807) is 34.2 Å². The SMILES string of the molecule is O=c1cc(CN2CCN(Cc3csc(-c4ccccn4)n3)CC2)nc2sccn12. The van der Waals surface area contributed by atoms with Gasteiger partial charge in [-0.05, 0) is 12.1 Å². The zero-order valence-electron chi connectivity index (χ0n) is 15.8. The van der Waals surface area contributed by atoms with E-state index >= 15 is 0 Å². The first-order valence-electron chi connectivity index (χ1n) is 9.51. The van der Waals surface area contributed by atoms with Gasteiger partial charge in [0.05, 0.1) is 17.1 Å². The van der Waals surface area contributed by atoms with E-state index < -0.39 is 0 Å². The summed E-state index contributed by atoms with van der Waals surface area (Å²) < 4.78 is 1.60. The van der Waals surface area contributed by atoms with E-state index in [-0.39, 0.29) is 5.56 Å². The Balaban J connectivity index is 1.17. The maximum atomic E-state index is 12.2. The summed E-state index contributed by atoms with van der Waals surface area (Å²) in [5.74, 6) is 0. The summed E-state index contributed by atoms with van der Waals surface area (Å²) in [6, 6.07) is 7.56. The predicted molar refractivity (Wildman–Crippen MR) is 115 cm³/mol. The molecule has 0 bridgehead atoms. The molecule has 1 aliphatic rings. The summed E-state index contributed by atoms with van der Waals surface area (Å²) in [7, 11) is 0. The third-order valence-electron chi connectivity index (χ3n) is 5.03. The number of thiazole rings is 2. The smallest absolute Gasteiger partial charge is 0.258 e. The van der Waals surface area contributed by atoms with Crippen LogP contribution in [0.2, 0.25) is 0 Å². The highest BCUT2D eigenvalue weighted by molar-refractivity contribution is 7.15. The second-order valence-electron chi connectivity index (χ2n) is 7.05. The Labute approximate surface area is 175 Å². The van der Waals surface area contributed by atoms with Gasteiger partial charge in [-0.15, -0.1) is 22.7 Å². The predicted octanol–water partition coefficient (Wildman–Crippen LogP) is 2.59. The van der Waals surface area contributed by atoms with Crippen molar-refractivity contribution in [1.29, 1.82) is 0 Å². The lowest BCUT2D eigenvalue weighted by Crippen LogP contribution is -2.45. The van der Waals surface area contributed by atoms with Crippen LogP contribution in [0.15, 0.2) is 52.2 Å². The largest absolute Gasteiger partial charge is 0.295 e. The van der Waals surface area contributed by atoms with E-state index in [0.717, 1.165) is 66.3 Å². The monoisotopic (exact) mass is 424 g/mol. The Hall–Kier alpha value is -2.46. The molecule has 5 heterocycles. The molecule has 1 fully saturated rings. The fourth-order valence-electron chi connectivity index (χ4n) is 3.52. The average Bonchev–Trinajstić information content (AvgIpc) is 3.40. The Morgan fingerprint density at radius 3 is 2.52 bits per heavy atom. The molecule has 0 N–H and O–H groups in total. The Bertz CT molecular complexity index is 1160. The molecule has 4 aromatic heterocycles. The molecule has 0 amide bonds. The summed E-state index contributed by atoms with van der Waals surface area (Å²) in [4.78, 5) is 31.5. The molecule has 0 aliphatic carbocycles. The van der Waals surface area contributed by atoms with Crippen LogP contribution in [-0.2, 0) is 13.1 Å². The van der Waals surface area contributed by atoms with Gasteiger partial charge in [-0.2, -0.15) is 0 Å². The van der Waals surface area contributed by atoms with Crippen LogP contribution in [0.4, 0.5) is 0 Å². The van der Waals surface area contributed by atoms with Crippen molar-refractivity contribution in [3.05, 3.63) is 69.2 Å². The third-order valence-corrected chi connectivity index (χ3v) is 6.70. The number of pyridine rings is 1. The van der Waals surface area contributed by atoms with Crippen molar-refractivity contribution < 1.29 is 0 Å². The van der Waals surface area contributed by atoms with E-state index in [0.29, 0.717) is 0 Å². The lowest BCUT2D eigenvalue weighted by Gasteiger charge is -2.34. The van der Waals surface area contributed by atoms with Crippen LogP contribution in [0.5, 0.6) is 0 Å². The molecule has 29 heavy (non-hydrogen) atoms. The maximum absolute atomic E-state index is 12.2. The molecular formula is C20H20N6OS2. The maximum Gasteiger partial charge on any atom is 0.258 e. The molecule has 1 saturated heterocycles. The van der Waals surface area contributed by atoms with Crippen LogP contribution in [0, 0.1) is 0 Å². The average molecular weight is 425 g/mol. The fraction of sp³-hybridized carbons (Fsp3) is 0.300. The minimum absolute atomic E-state index is 0.00266. The highest BCUT2D eigenvalue weighted by Crippen LogP contribution is 2.22. The molecule has 0 spiro atoms. The van der Waals surface area contributed by atoms with Crippen LogP contribution in [0.3, 0.4) is 0 Å². The van der Waals surface area contributed by atoms with Gasteiger partial charge in [0.15, 0.2) is 4.96 Å². The highest BCUT2D eigenvalue weighted by Gasteiger charge is 2.19. The van der Waals surface area contributed by atoms with Gasteiger partial charge in [0.25, 0.3) is 5.56 Å². The number of nitrogens with zero attached hydrogens (tertiary/aromatic N) is 6. The topological polar surface area (TPSA) is 66.6 Å². The zero-order valence-corrected chi connectivity index (χ0v) is 17.4. The van der Waals surface area contributed by atoms with Crippen LogP contribution < -0.4 is 5.56 Å². The molecule has 9 heteroatoms. The number of hydrogen-bond donors (Lipinski definition) is 0. The molecule has 0 saturated carbocycles. The molecule has 7 nitrogen and oxygen atoms in total.